The smallest absolute Gasteiger partial charge is 0.269 e. The quantitative estimate of drug-likeness (QED) is 0.542. The highest BCUT2D eigenvalue weighted by molar-refractivity contribution is 5.47. The Morgan fingerprint density at radius 1 is 1.18 bits per heavy atom. The number of nitro groups is 1. The first-order valence-electron chi connectivity index (χ1n) is 6.64. The Labute approximate surface area is 125 Å². The van der Waals surface area contributed by atoms with Gasteiger partial charge in [-0.05, 0) is 24.6 Å². The molecule has 0 aliphatic heterocycles. The van der Waals surface area contributed by atoms with Gasteiger partial charge >= 0.3 is 0 Å². The molecule has 0 N–H and O–H groups in total. The van der Waals surface area contributed by atoms with Crippen LogP contribution in [0.4, 0.5) is 5.69 Å². The van der Waals surface area contributed by atoms with Crippen LogP contribution in [-0.2, 0) is 0 Å². The number of nitrogens with zero attached hydrogens (tertiary/aromatic N) is 4. The maximum atomic E-state index is 10.7. The van der Waals surface area contributed by atoms with Gasteiger partial charge in [0.05, 0.1) is 10.8 Å². The Balaban J connectivity index is 1.85. The van der Waals surface area contributed by atoms with Crippen LogP contribution in [0.15, 0.2) is 53.2 Å². The molecule has 0 aliphatic rings. The number of hydrogen-bond donors (Lipinski definition) is 0. The van der Waals surface area contributed by atoms with Crippen LogP contribution < -0.4 is 0 Å². The molecule has 0 amide bonds. The van der Waals surface area contributed by atoms with Crippen LogP contribution in [0.2, 0.25) is 0 Å². The van der Waals surface area contributed by atoms with E-state index in [4.69, 9.17) is 4.52 Å². The number of nitro benzene ring substituents is 1. The fourth-order valence-electron chi connectivity index (χ4n) is 2.04. The average molecular weight is 296 g/mol. The maximum Gasteiger partial charge on any atom is 0.269 e. The van der Waals surface area contributed by atoms with E-state index in [1.165, 1.54) is 12.1 Å². The molecule has 0 spiro atoms. The zero-order valence-corrected chi connectivity index (χ0v) is 11.7. The summed E-state index contributed by atoms with van der Waals surface area (Å²) in [5.74, 6) is 0.699. The molecule has 3 rings (SSSR count). The molecule has 0 unspecified atom stereocenters. The van der Waals surface area contributed by atoms with Crippen molar-refractivity contribution in [3.05, 3.63) is 70.2 Å². The van der Waals surface area contributed by atoms with E-state index in [1.807, 2.05) is 19.1 Å². The minimum atomic E-state index is -0.430. The molecule has 3 aromatic rings. The van der Waals surface area contributed by atoms with Crippen molar-refractivity contribution in [3.63, 3.8) is 0 Å². The number of benzene rings is 1. The van der Waals surface area contributed by atoms with Gasteiger partial charge in [-0.2, -0.15) is 4.98 Å². The largest absolute Gasteiger partial charge is 0.338 e. The summed E-state index contributed by atoms with van der Waals surface area (Å²) in [5, 5.41) is 14.6. The first-order chi connectivity index (χ1) is 10.6. The highest BCUT2D eigenvalue weighted by atomic mass is 16.6. The van der Waals surface area contributed by atoms with Gasteiger partial charge < -0.3 is 4.52 Å². The molecule has 7 nitrogen and oxygen atoms in total. The summed E-state index contributed by atoms with van der Waals surface area (Å²) in [4.78, 5) is 18.7. The molecule has 1 aromatic carbocycles. The summed E-state index contributed by atoms with van der Waals surface area (Å²) in [6, 6.07) is 11.7. The summed E-state index contributed by atoms with van der Waals surface area (Å²) in [5.41, 5.74) is 1.55. The van der Waals surface area contributed by atoms with Gasteiger partial charge in [-0.3, -0.25) is 15.1 Å². The number of hydrogen-bond acceptors (Lipinski definition) is 6. The fraction of sp³-hybridized carbons (Fsp3) is 0.133. The van der Waals surface area contributed by atoms with Gasteiger partial charge in [0.1, 0.15) is 5.69 Å². The van der Waals surface area contributed by atoms with Crippen LogP contribution in [0.3, 0.4) is 0 Å². The van der Waals surface area contributed by atoms with Crippen molar-refractivity contribution in [3.8, 4) is 11.5 Å². The molecule has 0 bridgehead atoms. The van der Waals surface area contributed by atoms with E-state index in [9.17, 15) is 10.1 Å². The summed E-state index contributed by atoms with van der Waals surface area (Å²) >= 11 is 0. The summed E-state index contributed by atoms with van der Waals surface area (Å²) in [6.07, 6.45) is 1.66. The molecule has 0 radical (unpaired) electrons. The Morgan fingerprint density at radius 3 is 2.59 bits per heavy atom. The van der Waals surface area contributed by atoms with E-state index >= 15 is 0 Å². The zero-order valence-electron chi connectivity index (χ0n) is 11.7. The van der Waals surface area contributed by atoms with Gasteiger partial charge in [0.25, 0.3) is 5.69 Å². The number of non-ortho nitro benzene ring substituents is 1. The molecule has 110 valence electrons. The van der Waals surface area contributed by atoms with Crippen molar-refractivity contribution in [1.82, 2.24) is 15.1 Å². The van der Waals surface area contributed by atoms with Crippen molar-refractivity contribution < 1.29 is 9.45 Å². The first kappa shape index (κ1) is 13.9. The molecule has 0 aliphatic carbocycles. The first-order valence-corrected chi connectivity index (χ1v) is 6.64. The topological polar surface area (TPSA) is 95.0 Å². The molecular weight excluding hydrogens is 284 g/mol. The van der Waals surface area contributed by atoms with Crippen LogP contribution in [0, 0.1) is 10.1 Å². The lowest BCUT2D eigenvalue weighted by Crippen LogP contribution is -1.97. The van der Waals surface area contributed by atoms with Gasteiger partial charge in [-0.1, -0.05) is 23.4 Å². The zero-order chi connectivity index (χ0) is 15.5. The summed E-state index contributed by atoms with van der Waals surface area (Å²) in [6.45, 7) is 1.90. The highest BCUT2D eigenvalue weighted by Crippen LogP contribution is 2.26. The van der Waals surface area contributed by atoms with Crippen molar-refractivity contribution in [1.29, 1.82) is 0 Å². The van der Waals surface area contributed by atoms with E-state index in [0.717, 1.165) is 5.56 Å². The monoisotopic (exact) mass is 296 g/mol. The predicted molar refractivity (Wildman–Crippen MR) is 78.1 cm³/mol. The lowest BCUT2D eigenvalue weighted by atomic mass is 10.0. The van der Waals surface area contributed by atoms with Crippen LogP contribution in [0.1, 0.15) is 24.3 Å². The molecule has 7 heteroatoms. The third kappa shape index (κ3) is 2.69. The van der Waals surface area contributed by atoms with E-state index in [2.05, 4.69) is 15.1 Å². The minimum absolute atomic E-state index is 0.0515. The molecular formula is C15H12N4O3. The number of rotatable bonds is 4. The van der Waals surface area contributed by atoms with Gasteiger partial charge in [0.2, 0.25) is 11.7 Å². The second-order valence-corrected chi connectivity index (χ2v) is 4.74. The third-order valence-corrected chi connectivity index (χ3v) is 3.31. The molecule has 0 fully saturated rings. The normalized spacial score (nSPS) is 12.0. The predicted octanol–water partition coefficient (Wildman–Crippen LogP) is 3.19. The van der Waals surface area contributed by atoms with Gasteiger partial charge in [-0.15, -0.1) is 0 Å². The summed E-state index contributed by atoms with van der Waals surface area (Å²) in [7, 11) is 0. The summed E-state index contributed by atoms with van der Waals surface area (Å²) < 4.78 is 5.28. The molecule has 2 heterocycles. The van der Waals surface area contributed by atoms with E-state index < -0.39 is 4.92 Å². The Hall–Kier alpha value is -3.09. The molecule has 0 saturated heterocycles. The van der Waals surface area contributed by atoms with Gasteiger partial charge in [-0.25, -0.2) is 0 Å². The van der Waals surface area contributed by atoms with Crippen molar-refractivity contribution in [2.45, 2.75) is 12.8 Å². The van der Waals surface area contributed by atoms with Crippen LogP contribution in [-0.4, -0.2) is 20.0 Å². The second-order valence-electron chi connectivity index (χ2n) is 4.74. The Morgan fingerprint density at radius 2 is 1.95 bits per heavy atom. The number of pyridine rings is 1. The third-order valence-electron chi connectivity index (χ3n) is 3.31. The van der Waals surface area contributed by atoms with Gasteiger partial charge in [0, 0.05) is 18.3 Å². The molecule has 22 heavy (non-hydrogen) atoms. The van der Waals surface area contributed by atoms with Crippen LogP contribution >= 0.6 is 0 Å². The van der Waals surface area contributed by atoms with E-state index in [1.54, 1.807) is 24.4 Å². The van der Waals surface area contributed by atoms with Crippen molar-refractivity contribution in [2.75, 3.05) is 0 Å². The lowest BCUT2D eigenvalue weighted by Gasteiger charge is -2.05. The maximum absolute atomic E-state index is 10.7. The van der Waals surface area contributed by atoms with E-state index in [0.29, 0.717) is 17.4 Å². The van der Waals surface area contributed by atoms with Crippen molar-refractivity contribution in [2.24, 2.45) is 0 Å². The standard InChI is InChI=1S/C15H12N4O3/c1-10(11-5-7-12(8-6-11)19(20)21)15-17-14(18-22-15)13-4-2-3-9-16-13/h2-10H,1H3/t10-/m1/s1. The average Bonchev–Trinajstić information content (AvgIpc) is 3.05. The Bertz CT molecular complexity index is 784. The fourth-order valence-corrected chi connectivity index (χ4v) is 2.04. The molecule has 2 aromatic heterocycles. The highest BCUT2D eigenvalue weighted by Gasteiger charge is 2.18. The van der Waals surface area contributed by atoms with E-state index in [-0.39, 0.29) is 11.6 Å². The number of aromatic nitrogens is 3. The minimum Gasteiger partial charge on any atom is -0.338 e. The SMILES string of the molecule is C[C@H](c1ccc([N+](=O)[O-])cc1)c1nc(-c2ccccn2)no1. The molecule has 0 saturated carbocycles. The lowest BCUT2D eigenvalue weighted by molar-refractivity contribution is -0.384. The molecule has 1 atom stereocenters. The van der Waals surface area contributed by atoms with Gasteiger partial charge in [0.15, 0.2) is 0 Å². The van der Waals surface area contributed by atoms with Crippen molar-refractivity contribution >= 4 is 5.69 Å². The Kier molecular flexibility index (Phi) is 3.61. The van der Waals surface area contributed by atoms with Crippen LogP contribution in [0.25, 0.3) is 11.5 Å². The van der Waals surface area contributed by atoms with Crippen LogP contribution in [0.5, 0.6) is 0 Å². The second kappa shape index (κ2) is 5.72.